The quantitative estimate of drug-likeness (QED) is 0.431. The van der Waals surface area contributed by atoms with Crippen molar-refractivity contribution in [3.8, 4) is 11.3 Å². The molecule has 0 atom stereocenters. The molecule has 1 heterocycles. The molecule has 2 nitrogen and oxygen atoms in total. The van der Waals surface area contributed by atoms with Crippen molar-refractivity contribution < 1.29 is 4.42 Å². The Labute approximate surface area is 156 Å². The van der Waals surface area contributed by atoms with Crippen LogP contribution in [0.4, 0.5) is 0 Å². The molecule has 0 spiro atoms. The number of benzene rings is 3. The van der Waals surface area contributed by atoms with E-state index in [9.17, 15) is 4.79 Å². The molecule has 0 saturated carbocycles. The molecule has 0 aliphatic carbocycles. The lowest BCUT2D eigenvalue weighted by molar-refractivity contribution is 0.617. The van der Waals surface area contributed by atoms with Gasteiger partial charge in [-0.05, 0) is 29.8 Å². The van der Waals surface area contributed by atoms with Gasteiger partial charge in [0.2, 0.25) is 5.43 Å². The third-order valence-corrected chi connectivity index (χ3v) is 4.40. The highest BCUT2D eigenvalue weighted by atomic mass is 35.5. The van der Waals surface area contributed by atoms with Crippen LogP contribution < -0.4 is 5.43 Å². The van der Waals surface area contributed by atoms with Crippen LogP contribution in [0.15, 0.2) is 88.1 Å². The molecule has 26 heavy (non-hydrogen) atoms. The molecule has 0 fully saturated rings. The van der Waals surface area contributed by atoms with Gasteiger partial charge in [0.1, 0.15) is 11.3 Å². The number of halogens is 1. The van der Waals surface area contributed by atoms with E-state index >= 15 is 0 Å². The second-order valence-corrected chi connectivity index (χ2v) is 6.36. The van der Waals surface area contributed by atoms with Gasteiger partial charge in [0, 0.05) is 10.6 Å². The maximum absolute atomic E-state index is 13.1. The van der Waals surface area contributed by atoms with E-state index in [-0.39, 0.29) is 5.43 Å². The lowest BCUT2D eigenvalue weighted by Gasteiger charge is -2.08. The lowest BCUT2D eigenvalue weighted by atomic mass is 10.0. The summed E-state index contributed by atoms with van der Waals surface area (Å²) in [7, 11) is 0. The van der Waals surface area contributed by atoms with Crippen molar-refractivity contribution in [2.24, 2.45) is 0 Å². The minimum absolute atomic E-state index is 0.0974. The van der Waals surface area contributed by atoms with E-state index in [0.717, 1.165) is 11.1 Å². The zero-order chi connectivity index (χ0) is 17.9. The minimum Gasteiger partial charge on any atom is -0.455 e. The highest BCUT2D eigenvalue weighted by Gasteiger charge is 2.14. The Bertz CT molecular complexity index is 1140. The first-order chi connectivity index (χ1) is 12.7. The van der Waals surface area contributed by atoms with Gasteiger partial charge in [0.25, 0.3) is 0 Å². The third kappa shape index (κ3) is 3.19. The minimum atomic E-state index is -0.0974. The third-order valence-electron chi connectivity index (χ3n) is 4.17. The van der Waals surface area contributed by atoms with Crippen LogP contribution in [0.25, 0.3) is 34.4 Å². The van der Waals surface area contributed by atoms with Crippen LogP contribution in [0.2, 0.25) is 5.02 Å². The SMILES string of the molecule is O=c1c(/C=C/c2ccccc2)c(-c2ccccc2)oc2ccc(Cl)cc12. The number of fused-ring (bicyclic) bond motifs is 1. The standard InChI is InChI=1S/C23H15ClO2/c24-18-12-14-21-20(15-18)22(25)19(13-11-16-7-3-1-4-8-16)23(26-21)17-9-5-2-6-10-17/h1-15H/b13-11+. The molecule has 0 aliphatic heterocycles. The molecule has 0 aliphatic rings. The summed E-state index contributed by atoms with van der Waals surface area (Å²) in [6.07, 6.45) is 3.72. The summed E-state index contributed by atoms with van der Waals surface area (Å²) in [5, 5.41) is 0.986. The first kappa shape index (κ1) is 16.4. The van der Waals surface area contributed by atoms with E-state index < -0.39 is 0 Å². The van der Waals surface area contributed by atoms with E-state index in [1.807, 2.05) is 72.8 Å². The van der Waals surface area contributed by atoms with E-state index in [4.69, 9.17) is 16.0 Å². The van der Waals surface area contributed by atoms with Crippen molar-refractivity contribution in [1.82, 2.24) is 0 Å². The van der Waals surface area contributed by atoms with Gasteiger partial charge in [-0.3, -0.25) is 4.79 Å². The van der Waals surface area contributed by atoms with Crippen LogP contribution in [-0.2, 0) is 0 Å². The average molecular weight is 359 g/mol. The van der Waals surface area contributed by atoms with Crippen LogP contribution >= 0.6 is 11.6 Å². The molecule has 0 saturated heterocycles. The monoisotopic (exact) mass is 358 g/mol. The maximum atomic E-state index is 13.1. The van der Waals surface area contributed by atoms with Crippen molar-refractivity contribution in [3.63, 3.8) is 0 Å². The van der Waals surface area contributed by atoms with E-state index in [2.05, 4.69) is 0 Å². The fraction of sp³-hybridized carbons (Fsp3) is 0. The Hall–Kier alpha value is -3.10. The fourth-order valence-corrected chi connectivity index (χ4v) is 3.05. The van der Waals surface area contributed by atoms with E-state index in [1.54, 1.807) is 18.2 Å². The second-order valence-electron chi connectivity index (χ2n) is 5.92. The molecule has 0 radical (unpaired) electrons. The first-order valence-electron chi connectivity index (χ1n) is 8.27. The topological polar surface area (TPSA) is 30.2 Å². The molecular formula is C23H15ClO2. The predicted octanol–water partition coefficient (Wildman–Crippen LogP) is 6.28. The van der Waals surface area contributed by atoms with Gasteiger partial charge in [-0.25, -0.2) is 0 Å². The fourth-order valence-electron chi connectivity index (χ4n) is 2.88. The summed E-state index contributed by atoms with van der Waals surface area (Å²) in [6, 6.07) is 24.6. The molecule has 3 heteroatoms. The van der Waals surface area contributed by atoms with Crippen molar-refractivity contribution in [1.29, 1.82) is 0 Å². The molecule has 0 bridgehead atoms. The second kappa shape index (κ2) is 7.03. The molecular weight excluding hydrogens is 344 g/mol. The van der Waals surface area contributed by atoms with Gasteiger partial charge < -0.3 is 4.42 Å². The van der Waals surface area contributed by atoms with Gasteiger partial charge in [-0.15, -0.1) is 0 Å². The molecule has 3 aromatic carbocycles. The molecule has 126 valence electrons. The molecule has 1 aromatic heterocycles. The van der Waals surface area contributed by atoms with Crippen molar-refractivity contribution in [2.45, 2.75) is 0 Å². The Balaban J connectivity index is 1.97. The van der Waals surface area contributed by atoms with Gasteiger partial charge in [-0.2, -0.15) is 0 Å². The Kier molecular flexibility index (Phi) is 4.42. The molecule has 4 aromatic rings. The predicted molar refractivity (Wildman–Crippen MR) is 108 cm³/mol. The van der Waals surface area contributed by atoms with Gasteiger partial charge in [0.05, 0.1) is 10.9 Å². The molecule has 0 amide bonds. The number of hydrogen-bond donors (Lipinski definition) is 0. The number of hydrogen-bond acceptors (Lipinski definition) is 2. The first-order valence-corrected chi connectivity index (χ1v) is 8.65. The zero-order valence-corrected chi connectivity index (χ0v) is 14.6. The van der Waals surface area contributed by atoms with Gasteiger partial charge in [-0.1, -0.05) is 78.3 Å². The highest BCUT2D eigenvalue weighted by Crippen LogP contribution is 2.28. The van der Waals surface area contributed by atoms with Gasteiger partial charge in [0.15, 0.2) is 0 Å². The Morgan fingerprint density at radius 1 is 0.808 bits per heavy atom. The summed E-state index contributed by atoms with van der Waals surface area (Å²) < 4.78 is 6.09. The summed E-state index contributed by atoms with van der Waals surface area (Å²) in [4.78, 5) is 13.1. The van der Waals surface area contributed by atoms with E-state index in [1.165, 1.54) is 0 Å². The average Bonchev–Trinajstić information content (AvgIpc) is 2.69. The molecule has 0 N–H and O–H groups in total. The normalized spacial score (nSPS) is 11.3. The van der Waals surface area contributed by atoms with Gasteiger partial charge >= 0.3 is 0 Å². The smallest absolute Gasteiger partial charge is 0.200 e. The molecule has 0 unspecified atom stereocenters. The van der Waals surface area contributed by atoms with Crippen molar-refractivity contribution in [2.75, 3.05) is 0 Å². The Morgan fingerprint density at radius 3 is 2.23 bits per heavy atom. The summed E-state index contributed by atoms with van der Waals surface area (Å²) in [5.74, 6) is 0.553. The van der Waals surface area contributed by atoms with Crippen molar-refractivity contribution >= 4 is 34.7 Å². The van der Waals surface area contributed by atoms with Crippen LogP contribution in [0.3, 0.4) is 0 Å². The van der Waals surface area contributed by atoms with Crippen LogP contribution in [0.5, 0.6) is 0 Å². The highest BCUT2D eigenvalue weighted by molar-refractivity contribution is 6.31. The Morgan fingerprint density at radius 2 is 1.50 bits per heavy atom. The zero-order valence-electron chi connectivity index (χ0n) is 13.9. The maximum Gasteiger partial charge on any atom is 0.200 e. The van der Waals surface area contributed by atoms with E-state index in [0.29, 0.717) is 27.3 Å². The summed E-state index contributed by atoms with van der Waals surface area (Å²) in [6.45, 7) is 0. The summed E-state index contributed by atoms with van der Waals surface area (Å²) in [5.41, 5.74) is 2.80. The van der Waals surface area contributed by atoms with Crippen LogP contribution in [0.1, 0.15) is 11.1 Å². The van der Waals surface area contributed by atoms with Crippen molar-refractivity contribution in [3.05, 3.63) is 105 Å². The van der Waals surface area contributed by atoms with Crippen LogP contribution in [-0.4, -0.2) is 0 Å². The lowest BCUT2D eigenvalue weighted by Crippen LogP contribution is -2.07. The number of rotatable bonds is 3. The molecule has 4 rings (SSSR count). The largest absolute Gasteiger partial charge is 0.455 e. The van der Waals surface area contributed by atoms with Crippen LogP contribution in [0, 0.1) is 0 Å². The summed E-state index contributed by atoms with van der Waals surface area (Å²) >= 11 is 6.07.